The SMILES string of the molecule is CCC[C@@](N)(Cc1ccc(F)cc1)C(=O)NC(Cc1ccccc1F)C(=O)O. The number of nitrogens with one attached hydrogen (secondary N) is 1. The fraction of sp³-hybridized carbons (Fsp3) is 0.333. The molecule has 0 radical (unpaired) electrons. The standard InChI is InChI=1S/C21H24F2N2O3/c1-2-11-21(24,13-14-7-9-16(22)10-8-14)20(28)25-18(19(26)27)12-15-5-3-4-6-17(15)23/h3-10,18H,2,11-13,24H2,1H3,(H,25,28)(H,26,27)/t18?,21-/m1/s1. The summed E-state index contributed by atoms with van der Waals surface area (Å²) in [6, 6.07) is 10.1. The van der Waals surface area contributed by atoms with Gasteiger partial charge in [0.25, 0.3) is 0 Å². The molecule has 0 aliphatic carbocycles. The maximum Gasteiger partial charge on any atom is 0.326 e. The summed E-state index contributed by atoms with van der Waals surface area (Å²) < 4.78 is 27.0. The fourth-order valence-corrected chi connectivity index (χ4v) is 3.08. The van der Waals surface area contributed by atoms with Gasteiger partial charge >= 0.3 is 5.97 Å². The highest BCUT2D eigenvalue weighted by atomic mass is 19.1. The smallest absolute Gasteiger partial charge is 0.326 e. The lowest BCUT2D eigenvalue weighted by atomic mass is 9.86. The van der Waals surface area contributed by atoms with Gasteiger partial charge in [0.2, 0.25) is 5.91 Å². The number of amides is 1. The maximum absolute atomic E-state index is 13.9. The lowest BCUT2D eigenvalue weighted by Crippen LogP contribution is -2.59. The van der Waals surface area contributed by atoms with Gasteiger partial charge in [0.05, 0.1) is 5.54 Å². The van der Waals surface area contributed by atoms with Crippen LogP contribution < -0.4 is 11.1 Å². The normalized spacial score (nSPS) is 14.1. The predicted molar refractivity (Wildman–Crippen MR) is 102 cm³/mol. The Hall–Kier alpha value is -2.80. The summed E-state index contributed by atoms with van der Waals surface area (Å²) >= 11 is 0. The average molecular weight is 390 g/mol. The molecule has 2 rings (SSSR count). The molecule has 0 saturated carbocycles. The van der Waals surface area contributed by atoms with Crippen molar-refractivity contribution in [3.8, 4) is 0 Å². The zero-order valence-corrected chi connectivity index (χ0v) is 15.6. The van der Waals surface area contributed by atoms with Crippen molar-refractivity contribution in [3.63, 3.8) is 0 Å². The number of carbonyl (C=O) groups excluding carboxylic acids is 1. The van der Waals surface area contributed by atoms with Crippen molar-refractivity contribution in [3.05, 3.63) is 71.3 Å². The molecule has 150 valence electrons. The molecule has 0 bridgehead atoms. The van der Waals surface area contributed by atoms with Gasteiger partial charge in [0.1, 0.15) is 17.7 Å². The molecule has 1 unspecified atom stereocenters. The second-order valence-corrected chi connectivity index (χ2v) is 6.87. The Kier molecular flexibility index (Phi) is 7.23. The fourth-order valence-electron chi connectivity index (χ4n) is 3.08. The summed E-state index contributed by atoms with van der Waals surface area (Å²) in [6.07, 6.45) is 0.823. The van der Waals surface area contributed by atoms with Crippen molar-refractivity contribution in [2.24, 2.45) is 5.73 Å². The zero-order valence-electron chi connectivity index (χ0n) is 15.6. The number of hydrogen-bond donors (Lipinski definition) is 3. The third-order valence-electron chi connectivity index (χ3n) is 4.57. The van der Waals surface area contributed by atoms with Crippen LogP contribution in [-0.2, 0) is 22.4 Å². The minimum atomic E-state index is -1.37. The number of carbonyl (C=O) groups is 2. The summed E-state index contributed by atoms with van der Waals surface area (Å²) in [6.45, 7) is 1.85. The highest BCUT2D eigenvalue weighted by molar-refractivity contribution is 5.90. The monoisotopic (exact) mass is 390 g/mol. The van der Waals surface area contributed by atoms with Crippen LogP contribution in [0.3, 0.4) is 0 Å². The van der Waals surface area contributed by atoms with Crippen LogP contribution in [0.1, 0.15) is 30.9 Å². The Balaban J connectivity index is 2.18. The third kappa shape index (κ3) is 5.60. The molecule has 2 atom stereocenters. The maximum atomic E-state index is 13.9. The van der Waals surface area contributed by atoms with E-state index in [1.54, 1.807) is 6.07 Å². The van der Waals surface area contributed by atoms with Crippen molar-refractivity contribution in [1.82, 2.24) is 5.32 Å². The van der Waals surface area contributed by atoms with Crippen LogP contribution in [0.2, 0.25) is 0 Å². The van der Waals surface area contributed by atoms with Crippen molar-refractivity contribution in [2.75, 3.05) is 0 Å². The number of nitrogens with two attached hydrogens (primary N) is 1. The van der Waals surface area contributed by atoms with E-state index in [0.717, 1.165) is 0 Å². The Morgan fingerprint density at radius 3 is 2.36 bits per heavy atom. The highest BCUT2D eigenvalue weighted by Crippen LogP contribution is 2.19. The van der Waals surface area contributed by atoms with E-state index in [1.807, 2.05) is 6.92 Å². The van der Waals surface area contributed by atoms with Gasteiger partial charge in [-0.3, -0.25) is 4.79 Å². The van der Waals surface area contributed by atoms with Crippen molar-refractivity contribution in [2.45, 2.75) is 44.2 Å². The van der Waals surface area contributed by atoms with E-state index < -0.39 is 35.1 Å². The van der Waals surface area contributed by atoms with E-state index >= 15 is 0 Å². The summed E-state index contributed by atoms with van der Waals surface area (Å²) in [5, 5.41) is 11.9. The average Bonchev–Trinajstić information content (AvgIpc) is 2.64. The molecule has 0 heterocycles. The van der Waals surface area contributed by atoms with Gasteiger partial charge in [-0.2, -0.15) is 0 Å². The topological polar surface area (TPSA) is 92.4 Å². The molecular weight excluding hydrogens is 366 g/mol. The van der Waals surface area contributed by atoms with Crippen LogP contribution in [0.4, 0.5) is 8.78 Å². The number of halogens is 2. The van der Waals surface area contributed by atoms with Crippen molar-refractivity contribution in [1.29, 1.82) is 0 Å². The van der Waals surface area contributed by atoms with Gasteiger partial charge in [-0.05, 0) is 42.2 Å². The second-order valence-electron chi connectivity index (χ2n) is 6.87. The Labute approximate surface area is 162 Å². The van der Waals surface area contributed by atoms with E-state index in [0.29, 0.717) is 18.4 Å². The van der Waals surface area contributed by atoms with Crippen LogP contribution >= 0.6 is 0 Å². The summed E-state index contributed by atoms with van der Waals surface area (Å²) in [5.41, 5.74) is 5.80. The third-order valence-corrected chi connectivity index (χ3v) is 4.57. The van der Waals surface area contributed by atoms with Gasteiger partial charge in [0.15, 0.2) is 0 Å². The number of rotatable bonds is 9. The van der Waals surface area contributed by atoms with E-state index in [-0.39, 0.29) is 18.4 Å². The number of aliphatic carboxylic acids is 1. The van der Waals surface area contributed by atoms with E-state index in [1.165, 1.54) is 42.5 Å². The highest BCUT2D eigenvalue weighted by Gasteiger charge is 2.36. The van der Waals surface area contributed by atoms with Crippen molar-refractivity contribution >= 4 is 11.9 Å². The van der Waals surface area contributed by atoms with Crippen LogP contribution in [0.25, 0.3) is 0 Å². The predicted octanol–water partition coefficient (Wildman–Crippen LogP) is 2.82. The largest absolute Gasteiger partial charge is 0.480 e. The van der Waals surface area contributed by atoms with Gasteiger partial charge in [-0.25, -0.2) is 13.6 Å². The van der Waals surface area contributed by atoms with Gasteiger partial charge in [-0.1, -0.05) is 43.7 Å². The number of carboxylic acid groups (broad SMARTS) is 1. The lowest BCUT2D eigenvalue weighted by molar-refractivity contribution is -0.142. The van der Waals surface area contributed by atoms with Gasteiger partial charge in [-0.15, -0.1) is 0 Å². The molecule has 2 aromatic rings. The van der Waals surface area contributed by atoms with Gasteiger partial charge < -0.3 is 16.2 Å². The first kappa shape index (κ1) is 21.5. The molecule has 0 aliphatic rings. The molecule has 0 saturated heterocycles. The quantitative estimate of drug-likeness (QED) is 0.614. The molecule has 0 fully saturated rings. The Bertz CT molecular complexity index is 827. The van der Waals surface area contributed by atoms with Crippen LogP contribution in [-0.4, -0.2) is 28.6 Å². The van der Waals surface area contributed by atoms with E-state index in [2.05, 4.69) is 5.32 Å². The van der Waals surface area contributed by atoms with Crippen LogP contribution in [0.15, 0.2) is 48.5 Å². The Morgan fingerprint density at radius 1 is 1.14 bits per heavy atom. The van der Waals surface area contributed by atoms with Crippen LogP contribution in [0.5, 0.6) is 0 Å². The van der Waals surface area contributed by atoms with E-state index in [4.69, 9.17) is 5.73 Å². The minimum Gasteiger partial charge on any atom is -0.480 e. The molecular formula is C21H24F2N2O3. The Morgan fingerprint density at radius 2 is 1.79 bits per heavy atom. The summed E-state index contributed by atoms with van der Waals surface area (Å²) in [5.74, 6) is -2.86. The molecule has 5 nitrogen and oxygen atoms in total. The first-order valence-corrected chi connectivity index (χ1v) is 9.05. The molecule has 0 spiro atoms. The molecule has 0 aromatic heterocycles. The van der Waals surface area contributed by atoms with Gasteiger partial charge in [0, 0.05) is 6.42 Å². The molecule has 2 aromatic carbocycles. The molecule has 0 aliphatic heterocycles. The second kappa shape index (κ2) is 9.41. The molecule has 4 N–H and O–H groups in total. The molecule has 28 heavy (non-hydrogen) atoms. The number of hydrogen-bond acceptors (Lipinski definition) is 3. The molecule has 7 heteroatoms. The zero-order chi connectivity index (χ0) is 20.7. The molecule has 1 amide bonds. The summed E-state index contributed by atoms with van der Waals surface area (Å²) in [7, 11) is 0. The first-order valence-electron chi connectivity index (χ1n) is 9.05. The number of benzene rings is 2. The lowest BCUT2D eigenvalue weighted by Gasteiger charge is -2.30. The van der Waals surface area contributed by atoms with Crippen molar-refractivity contribution < 1.29 is 23.5 Å². The summed E-state index contributed by atoms with van der Waals surface area (Å²) in [4.78, 5) is 24.5. The van der Waals surface area contributed by atoms with E-state index in [9.17, 15) is 23.5 Å². The van der Waals surface area contributed by atoms with Crippen LogP contribution in [0, 0.1) is 11.6 Å². The number of carboxylic acids is 1. The minimum absolute atomic E-state index is 0.124. The first-order chi connectivity index (χ1) is 13.2.